The van der Waals surface area contributed by atoms with Gasteiger partial charge in [0, 0.05) is 16.7 Å². The van der Waals surface area contributed by atoms with Crippen molar-refractivity contribution in [1.82, 2.24) is 0 Å². The molecule has 1 aliphatic heterocycles. The predicted octanol–water partition coefficient (Wildman–Crippen LogP) is 1.50. The van der Waals surface area contributed by atoms with Crippen molar-refractivity contribution in [2.24, 2.45) is 22.7 Å². The average molecular weight is 644 g/mol. The first kappa shape index (κ1) is 24.6. The van der Waals surface area contributed by atoms with Crippen LogP contribution in [0, 0.1) is 22.7 Å². The topological polar surface area (TPSA) is 93.1 Å². The van der Waals surface area contributed by atoms with E-state index in [9.17, 15) is 19.8 Å². The SMILES string of the molecule is CC1(C)O[C@@H]2C[C@H]3[C@@H]4CCC5=CC(=O)C=C[C@]5(C)C4(F)[C@@H](O)C[C@]3(C)[C@]2(C(=O)CO)O1.[PbH2]. The second kappa shape index (κ2) is 7.26. The van der Waals surface area contributed by atoms with Gasteiger partial charge in [0.1, 0.15) is 6.61 Å². The van der Waals surface area contributed by atoms with Crippen LogP contribution in [0.1, 0.15) is 53.4 Å². The standard InChI is InChI=1S/C24H31FO6.Pb.2H/c1-20(2)30-19-10-16-15-6-5-13-9-14(27)7-8-21(13,3)23(15,25)17(28)11-22(16,4)24(19,31-20)18(29)12-26;;;/h7-9,15-17,19,26,28H,5-6,10-12H2,1-4H3;;;/t15-,16-,17-,19+,21-,22-,23?,24+;;;/m0.../s1. The summed E-state index contributed by atoms with van der Waals surface area (Å²) in [6.45, 7) is 6.41. The van der Waals surface area contributed by atoms with Gasteiger partial charge in [-0.1, -0.05) is 18.6 Å². The average Bonchev–Trinajstić information content (AvgIpc) is 3.09. The van der Waals surface area contributed by atoms with E-state index in [1.807, 2.05) is 6.92 Å². The first-order chi connectivity index (χ1) is 14.4. The Bertz CT molecular complexity index is 931. The third-order valence-corrected chi connectivity index (χ3v) is 9.19. The van der Waals surface area contributed by atoms with Crippen molar-refractivity contribution < 1.29 is 33.7 Å². The summed E-state index contributed by atoms with van der Waals surface area (Å²) < 4.78 is 29.5. The minimum atomic E-state index is -1.98. The molecule has 1 heterocycles. The fourth-order valence-electron chi connectivity index (χ4n) is 7.93. The molecule has 2 N–H and O–H groups in total. The number of allylic oxidation sites excluding steroid dienone is 4. The van der Waals surface area contributed by atoms with E-state index in [0.717, 1.165) is 5.57 Å². The van der Waals surface area contributed by atoms with Gasteiger partial charge in [0.15, 0.2) is 28.6 Å². The Morgan fingerprint density at radius 1 is 1.25 bits per heavy atom. The molecule has 4 aliphatic carbocycles. The van der Waals surface area contributed by atoms with Crippen molar-refractivity contribution in [2.45, 2.75) is 82.6 Å². The Kier molecular flexibility index (Phi) is 5.59. The summed E-state index contributed by atoms with van der Waals surface area (Å²) in [5, 5.41) is 21.2. The van der Waals surface area contributed by atoms with Gasteiger partial charge in [0.2, 0.25) is 0 Å². The summed E-state index contributed by atoms with van der Waals surface area (Å²) >= 11 is 0. The number of hydrogen-bond donors (Lipinski definition) is 2. The molecule has 8 atom stereocenters. The van der Waals surface area contributed by atoms with E-state index in [-0.39, 0.29) is 45.4 Å². The number of fused-ring (bicyclic) bond motifs is 7. The molecule has 3 saturated carbocycles. The van der Waals surface area contributed by atoms with Gasteiger partial charge in [0.05, 0.1) is 12.2 Å². The van der Waals surface area contributed by atoms with Crippen LogP contribution in [-0.2, 0) is 19.1 Å². The van der Waals surface area contributed by atoms with E-state index in [4.69, 9.17) is 9.47 Å². The Balaban J connectivity index is 0.00000245. The normalized spacial score (nSPS) is 50.5. The fraction of sp³-hybridized carbons (Fsp3) is 0.750. The number of carbonyl (C=O) groups is 2. The van der Waals surface area contributed by atoms with Crippen LogP contribution in [0.3, 0.4) is 0 Å². The summed E-state index contributed by atoms with van der Waals surface area (Å²) in [4.78, 5) is 25.1. The van der Waals surface area contributed by atoms with Crippen molar-refractivity contribution in [2.75, 3.05) is 6.61 Å². The molecule has 4 fully saturated rings. The van der Waals surface area contributed by atoms with Crippen molar-refractivity contribution in [3.63, 3.8) is 0 Å². The molecule has 0 aromatic heterocycles. The third kappa shape index (κ3) is 2.69. The summed E-state index contributed by atoms with van der Waals surface area (Å²) in [6, 6.07) is 0. The van der Waals surface area contributed by atoms with Gasteiger partial charge in [-0.3, -0.25) is 9.59 Å². The van der Waals surface area contributed by atoms with Crippen LogP contribution in [0.25, 0.3) is 0 Å². The van der Waals surface area contributed by atoms with Crippen LogP contribution in [0.4, 0.5) is 4.39 Å². The monoisotopic (exact) mass is 644 g/mol. The van der Waals surface area contributed by atoms with Crippen LogP contribution in [0.5, 0.6) is 0 Å². The molecule has 176 valence electrons. The van der Waals surface area contributed by atoms with Crippen molar-refractivity contribution in [3.05, 3.63) is 23.8 Å². The number of aliphatic hydroxyl groups is 2. The number of alkyl halides is 1. The molecule has 5 aliphatic rings. The van der Waals surface area contributed by atoms with Gasteiger partial charge in [0.25, 0.3) is 0 Å². The second-order valence-electron chi connectivity index (χ2n) is 10.9. The zero-order chi connectivity index (χ0) is 22.6. The first-order valence-corrected chi connectivity index (χ1v) is 11.2. The number of carbonyl (C=O) groups excluding carboxylic acids is 2. The summed E-state index contributed by atoms with van der Waals surface area (Å²) in [5.41, 5.74) is -4.66. The van der Waals surface area contributed by atoms with Crippen LogP contribution in [-0.4, -0.2) is 85.0 Å². The molecular weight excluding hydrogens is 610 g/mol. The number of rotatable bonds is 2. The molecule has 0 bridgehead atoms. The Morgan fingerprint density at radius 3 is 2.59 bits per heavy atom. The number of ether oxygens (including phenoxy) is 2. The van der Waals surface area contributed by atoms with Gasteiger partial charge in [-0.05, 0) is 64.5 Å². The van der Waals surface area contributed by atoms with Crippen LogP contribution in [0.2, 0.25) is 0 Å². The quantitative estimate of drug-likeness (QED) is 0.444. The molecule has 0 spiro atoms. The van der Waals surface area contributed by atoms with Crippen molar-refractivity contribution in [1.29, 1.82) is 0 Å². The molecule has 6 nitrogen and oxygen atoms in total. The molecule has 0 aromatic rings. The van der Waals surface area contributed by atoms with Gasteiger partial charge in [-0.25, -0.2) is 4.39 Å². The zero-order valence-corrected chi connectivity index (χ0v) is 24.7. The van der Waals surface area contributed by atoms with Crippen LogP contribution >= 0.6 is 0 Å². The van der Waals surface area contributed by atoms with Gasteiger partial charge in [-0.15, -0.1) is 0 Å². The summed E-state index contributed by atoms with van der Waals surface area (Å²) in [7, 11) is 0. The van der Waals surface area contributed by atoms with E-state index in [0.29, 0.717) is 19.3 Å². The minimum absolute atomic E-state index is 0. The second-order valence-corrected chi connectivity index (χ2v) is 10.9. The number of hydrogen-bond acceptors (Lipinski definition) is 6. The van der Waals surface area contributed by atoms with Gasteiger partial charge < -0.3 is 19.7 Å². The zero-order valence-electron chi connectivity index (χ0n) is 19.2. The number of halogens is 1. The van der Waals surface area contributed by atoms with E-state index in [1.165, 1.54) is 12.2 Å². The number of aliphatic hydroxyl groups excluding tert-OH is 2. The Hall–Kier alpha value is -0.488. The van der Waals surface area contributed by atoms with E-state index in [2.05, 4.69) is 0 Å². The van der Waals surface area contributed by atoms with Crippen LogP contribution < -0.4 is 0 Å². The maximum atomic E-state index is 17.1. The third-order valence-electron chi connectivity index (χ3n) is 9.19. The Morgan fingerprint density at radius 2 is 1.94 bits per heavy atom. The van der Waals surface area contributed by atoms with E-state index < -0.39 is 58.4 Å². The van der Waals surface area contributed by atoms with Crippen molar-refractivity contribution >= 4 is 38.9 Å². The number of Topliss-reactive ketones (excluding diaryl/α,β-unsaturated/α-hetero) is 1. The molecule has 2 radical (unpaired) electrons. The molecule has 0 amide bonds. The molecule has 1 saturated heterocycles. The number of ketones is 2. The van der Waals surface area contributed by atoms with Gasteiger partial charge >= 0.3 is 27.3 Å². The molecule has 0 aromatic carbocycles. The van der Waals surface area contributed by atoms with Crippen LogP contribution in [0.15, 0.2) is 23.8 Å². The first-order valence-electron chi connectivity index (χ1n) is 11.2. The van der Waals surface area contributed by atoms with Gasteiger partial charge in [-0.2, -0.15) is 0 Å². The summed E-state index contributed by atoms with van der Waals surface area (Å²) in [6.07, 6.45) is 4.00. The van der Waals surface area contributed by atoms with E-state index >= 15 is 4.39 Å². The molecule has 8 heteroatoms. The molecular formula is C24H33FO6Pb. The summed E-state index contributed by atoms with van der Waals surface area (Å²) in [5.74, 6) is -2.46. The van der Waals surface area contributed by atoms with E-state index in [1.54, 1.807) is 26.8 Å². The molecule has 32 heavy (non-hydrogen) atoms. The molecule has 1 unspecified atom stereocenters. The van der Waals surface area contributed by atoms with Crippen molar-refractivity contribution in [3.8, 4) is 0 Å². The predicted molar refractivity (Wildman–Crippen MR) is 117 cm³/mol. The molecule has 5 rings (SSSR count). The Labute approximate surface area is 207 Å². The maximum absolute atomic E-state index is 17.1. The fourth-order valence-corrected chi connectivity index (χ4v) is 7.93.